The van der Waals surface area contributed by atoms with Gasteiger partial charge in [-0.15, -0.1) is 11.3 Å². The van der Waals surface area contributed by atoms with Gasteiger partial charge in [-0.2, -0.15) is 0 Å². The van der Waals surface area contributed by atoms with Gasteiger partial charge < -0.3 is 9.73 Å². The topological polar surface area (TPSA) is 25.2 Å². The molecule has 2 nitrogen and oxygen atoms in total. The molecule has 0 aliphatic rings. The summed E-state index contributed by atoms with van der Waals surface area (Å²) in [5.41, 5.74) is 0.290. The highest BCUT2D eigenvalue weighted by Gasteiger charge is 2.22. The van der Waals surface area contributed by atoms with Crippen LogP contribution in [0.2, 0.25) is 5.02 Å². The molecule has 0 fully saturated rings. The molecule has 0 spiro atoms. The van der Waals surface area contributed by atoms with E-state index in [1.165, 1.54) is 6.07 Å². The molecule has 1 atom stereocenters. The van der Waals surface area contributed by atoms with Gasteiger partial charge in [0.15, 0.2) is 11.4 Å². The number of nitrogens with one attached hydrogen (secondary N) is 1. The lowest BCUT2D eigenvalue weighted by atomic mass is 10.1. The zero-order valence-corrected chi connectivity index (χ0v) is 12.4. The summed E-state index contributed by atoms with van der Waals surface area (Å²) in [4.78, 5) is 0.980. The molecule has 0 aliphatic heterocycles. The second-order valence-corrected chi connectivity index (χ2v) is 5.79. The summed E-state index contributed by atoms with van der Waals surface area (Å²) in [6.07, 6.45) is 0. The number of halogens is 2. The minimum absolute atomic E-state index is 0.153. The van der Waals surface area contributed by atoms with Gasteiger partial charge in [0.05, 0.1) is 5.02 Å². The largest absolute Gasteiger partial charge is 0.456 e. The number of furan rings is 1. The van der Waals surface area contributed by atoms with Crippen LogP contribution in [0, 0.1) is 5.82 Å². The lowest BCUT2D eigenvalue weighted by molar-refractivity contribution is 0.468. The second-order valence-electron chi connectivity index (χ2n) is 4.43. The first kappa shape index (κ1) is 13.6. The van der Waals surface area contributed by atoms with E-state index in [9.17, 15) is 4.39 Å². The van der Waals surface area contributed by atoms with Crippen LogP contribution in [0.1, 0.15) is 23.6 Å². The number of benzene rings is 1. The smallest absolute Gasteiger partial charge is 0.169 e. The third-order valence-corrected chi connectivity index (χ3v) is 4.54. The number of rotatable bonds is 4. The average Bonchev–Trinajstić information content (AvgIpc) is 3.03. The first-order valence-electron chi connectivity index (χ1n) is 6.35. The van der Waals surface area contributed by atoms with E-state index in [0.717, 1.165) is 16.8 Å². The van der Waals surface area contributed by atoms with E-state index in [0.29, 0.717) is 10.8 Å². The molecular formula is C15H13ClFNOS. The second kappa shape index (κ2) is 5.56. The molecule has 5 heteroatoms. The zero-order chi connectivity index (χ0) is 14.1. The molecule has 1 unspecified atom stereocenters. The molecule has 0 amide bonds. The molecule has 0 saturated carbocycles. The third kappa shape index (κ3) is 2.35. The molecule has 3 rings (SSSR count). The molecule has 1 aromatic carbocycles. The predicted molar refractivity (Wildman–Crippen MR) is 81.0 cm³/mol. The van der Waals surface area contributed by atoms with Gasteiger partial charge in [0.1, 0.15) is 11.8 Å². The molecule has 1 N–H and O–H groups in total. The summed E-state index contributed by atoms with van der Waals surface area (Å²) in [5, 5.41) is 6.72. The maximum atomic E-state index is 13.7. The fourth-order valence-corrected chi connectivity index (χ4v) is 3.48. The Morgan fingerprint density at radius 3 is 2.90 bits per heavy atom. The Bertz CT molecular complexity index is 736. The van der Waals surface area contributed by atoms with E-state index in [1.807, 2.05) is 30.5 Å². The zero-order valence-electron chi connectivity index (χ0n) is 10.8. The monoisotopic (exact) mass is 309 g/mol. The number of thiophene rings is 1. The van der Waals surface area contributed by atoms with E-state index < -0.39 is 0 Å². The molecule has 0 bridgehead atoms. The number of hydrogen-bond donors (Lipinski definition) is 1. The van der Waals surface area contributed by atoms with E-state index in [4.69, 9.17) is 16.0 Å². The molecule has 0 aliphatic carbocycles. The Morgan fingerprint density at radius 2 is 2.25 bits per heavy atom. The van der Waals surface area contributed by atoms with Crippen molar-refractivity contribution in [3.05, 3.63) is 57.2 Å². The summed E-state index contributed by atoms with van der Waals surface area (Å²) in [6.45, 7) is 2.77. The Balaban J connectivity index is 2.10. The predicted octanol–water partition coefficient (Wildman–Crippen LogP) is 4.99. The fourth-order valence-electron chi connectivity index (χ4n) is 2.23. The minimum Gasteiger partial charge on any atom is -0.456 e. The molecule has 2 heterocycles. The average molecular weight is 310 g/mol. The lowest BCUT2D eigenvalue weighted by Crippen LogP contribution is -2.20. The minimum atomic E-state index is -0.346. The molecule has 2 aromatic heterocycles. The van der Waals surface area contributed by atoms with Crippen molar-refractivity contribution >= 4 is 33.9 Å². The van der Waals surface area contributed by atoms with Crippen molar-refractivity contribution in [2.45, 2.75) is 13.0 Å². The van der Waals surface area contributed by atoms with Crippen LogP contribution in [0.3, 0.4) is 0 Å². The standard InChI is InChI=1S/C15H13ClFNOS/c1-2-18-13(15-10(16)6-7-20-15)12-8-9-4-3-5-11(17)14(9)19-12/h3-8,13,18H,2H2,1H3. The Hall–Kier alpha value is -1.36. The van der Waals surface area contributed by atoms with Crippen molar-refractivity contribution in [3.8, 4) is 0 Å². The van der Waals surface area contributed by atoms with Gasteiger partial charge in [-0.3, -0.25) is 0 Å². The third-order valence-electron chi connectivity index (χ3n) is 3.11. The molecule has 0 saturated heterocycles. The Kier molecular flexibility index (Phi) is 3.78. The van der Waals surface area contributed by atoms with E-state index in [-0.39, 0.29) is 17.4 Å². The first-order chi connectivity index (χ1) is 9.70. The molecule has 0 radical (unpaired) electrons. The quantitative estimate of drug-likeness (QED) is 0.735. The van der Waals surface area contributed by atoms with E-state index in [2.05, 4.69) is 5.32 Å². The molecule has 104 valence electrons. The van der Waals surface area contributed by atoms with Gasteiger partial charge in [-0.1, -0.05) is 30.7 Å². The highest BCUT2D eigenvalue weighted by Crippen LogP contribution is 2.35. The maximum absolute atomic E-state index is 13.7. The highest BCUT2D eigenvalue weighted by atomic mass is 35.5. The Morgan fingerprint density at radius 1 is 1.40 bits per heavy atom. The van der Waals surface area contributed by atoms with Crippen molar-refractivity contribution in [1.29, 1.82) is 0 Å². The summed E-state index contributed by atoms with van der Waals surface area (Å²) in [6, 6.07) is 8.48. The van der Waals surface area contributed by atoms with E-state index >= 15 is 0 Å². The highest BCUT2D eigenvalue weighted by molar-refractivity contribution is 7.10. The van der Waals surface area contributed by atoms with Gasteiger partial charge in [-0.05, 0) is 30.1 Å². The van der Waals surface area contributed by atoms with Crippen LogP contribution >= 0.6 is 22.9 Å². The van der Waals surface area contributed by atoms with Crippen LogP contribution in [0.15, 0.2) is 40.1 Å². The van der Waals surface area contributed by atoms with Crippen LogP contribution in [0.5, 0.6) is 0 Å². The number of hydrogen-bond acceptors (Lipinski definition) is 3. The summed E-state index contributed by atoms with van der Waals surface area (Å²) in [5.74, 6) is 0.331. The molecule has 20 heavy (non-hydrogen) atoms. The van der Waals surface area contributed by atoms with Gasteiger partial charge in [-0.25, -0.2) is 4.39 Å². The van der Waals surface area contributed by atoms with Gasteiger partial charge in [0.2, 0.25) is 0 Å². The number of para-hydroxylation sites is 1. The van der Waals surface area contributed by atoms with Crippen LogP contribution in [0.25, 0.3) is 11.0 Å². The van der Waals surface area contributed by atoms with Crippen molar-refractivity contribution in [2.75, 3.05) is 6.54 Å². The van der Waals surface area contributed by atoms with Crippen molar-refractivity contribution in [3.63, 3.8) is 0 Å². The number of fused-ring (bicyclic) bond motifs is 1. The van der Waals surface area contributed by atoms with Crippen LogP contribution in [-0.4, -0.2) is 6.54 Å². The van der Waals surface area contributed by atoms with Crippen LogP contribution in [0.4, 0.5) is 4.39 Å². The van der Waals surface area contributed by atoms with Crippen molar-refractivity contribution < 1.29 is 8.81 Å². The molecule has 3 aromatic rings. The van der Waals surface area contributed by atoms with Gasteiger partial charge >= 0.3 is 0 Å². The van der Waals surface area contributed by atoms with Gasteiger partial charge in [0, 0.05) is 10.3 Å². The van der Waals surface area contributed by atoms with Crippen LogP contribution < -0.4 is 5.32 Å². The van der Waals surface area contributed by atoms with Crippen molar-refractivity contribution in [2.24, 2.45) is 0 Å². The summed E-state index contributed by atoms with van der Waals surface area (Å²) >= 11 is 7.76. The maximum Gasteiger partial charge on any atom is 0.169 e. The lowest BCUT2D eigenvalue weighted by Gasteiger charge is -2.14. The van der Waals surface area contributed by atoms with Crippen LogP contribution in [-0.2, 0) is 0 Å². The molecular weight excluding hydrogens is 297 g/mol. The first-order valence-corrected chi connectivity index (χ1v) is 7.60. The van der Waals surface area contributed by atoms with E-state index in [1.54, 1.807) is 17.4 Å². The Labute approximate surface area is 125 Å². The van der Waals surface area contributed by atoms with Crippen molar-refractivity contribution in [1.82, 2.24) is 5.32 Å². The van der Waals surface area contributed by atoms with Gasteiger partial charge in [0.25, 0.3) is 0 Å². The SMILES string of the molecule is CCNC(c1cc2cccc(F)c2o1)c1sccc1Cl. The fraction of sp³-hybridized carbons (Fsp3) is 0.200. The normalized spacial score (nSPS) is 12.9. The summed E-state index contributed by atoms with van der Waals surface area (Å²) < 4.78 is 19.4. The summed E-state index contributed by atoms with van der Waals surface area (Å²) in [7, 11) is 0.